The lowest BCUT2D eigenvalue weighted by Crippen LogP contribution is -2.55. The van der Waals surface area contributed by atoms with Crippen LogP contribution in [0.5, 0.6) is 0 Å². The highest BCUT2D eigenvalue weighted by molar-refractivity contribution is 6.31. The third-order valence-corrected chi connectivity index (χ3v) is 5.64. The smallest absolute Gasteiger partial charge is 0.353 e. The number of H-pyrrole nitrogens is 1. The van der Waals surface area contributed by atoms with Gasteiger partial charge in [-0.3, -0.25) is 4.79 Å². The third kappa shape index (κ3) is 4.62. The second kappa shape index (κ2) is 8.53. The van der Waals surface area contributed by atoms with Gasteiger partial charge in [0, 0.05) is 27.6 Å². The minimum atomic E-state index is -4.55. The molecule has 0 saturated heterocycles. The molecular formula is C20H25ClF4N6O. The van der Waals surface area contributed by atoms with Crippen molar-refractivity contribution >= 4 is 34.4 Å². The molecule has 0 atom stereocenters. The summed E-state index contributed by atoms with van der Waals surface area (Å²) in [5.74, 6) is -1.77. The molecule has 0 radical (unpaired) electrons. The van der Waals surface area contributed by atoms with E-state index in [0.29, 0.717) is 34.5 Å². The molecule has 0 spiro atoms. The maximum atomic E-state index is 14.6. The Bertz CT molecular complexity index is 1160. The van der Waals surface area contributed by atoms with Crippen molar-refractivity contribution in [1.29, 1.82) is 0 Å². The predicted molar refractivity (Wildman–Crippen MR) is 117 cm³/mol. The second-order valence-electron chi connectivity index (χ2n) is 7.71. The fourth-order valence-electron chi connectivity index (χ4n) is 3.89. The van der Waals surface area contributed by atoms with E-state index in [4.69, 9.17) is 11.6 Å². The molecule has 32 heavy (non-hydrogen) atoms. The summed E-state index contributed by atoms with van der Waals surface area (Å²) in [5.41, 5.74) is -0.361. The number of halogens is 5. The van der Waals surface area contributed by atoms with E-state index in [2.05, 4.69) is 25.3 Å². The summed E-state index contributed by atoms with van der Waals surface area (Å²) < 4.78 is 52.5. The Balaban J connectivity index is 0.00000204. The number of aromatic amines is 1. The van der Waals surface area contributed by atoms with Crippen LogP contribution in [0.3, 0.4) is 0 Å². The molecule has 0 aliphatic heterocycles. The number of anilines is 1. The number of hydrogen-bond acceptors (Lipinski definition) is 5. The van der Waals surface area contributed by atoms with Gasteiger partial charge in [0.2, 0.25) is 5.91 Å². The number of carbonyl (C=O) groups excluding carboxylic acids is 1. The van der Waals surface area contributed by atoms with Crippen molar-refractivity contribution in [2.75, 3.05) is 11.9 Å². The summed E-state index contributed by atoms with van der Waals surface area (Å²) in [6, 6.07) is 1.66. The number of amides is 1. The topological polar surface area (TPSA) is 95.6 Å². The van der Waals surface area contributed by atoms with Crippen LogP contribution >= 0.6 is 11.6 Å². The summed E-state index contributed by atoms with van der Waals surface area (Å²) in [5, 5.41) is 5.73. The molecule has 1 amide bonds. The Hall–Kier alpha value is -2.95. The molecule has 7 nitrogen and oxygen atoms in total. The van der Waals surface area contributed by atoms with E-state index in [0.717, 1.165) is 12.6 Å². The fourth-order valence-corrected chi connectivity index (χ4v) is 4.05. The molecule has 0 bridgehead atoms. The van der Waals surface area contributed by atoms with E-state index in [1.807, 2.05) is 5.32 Å². The van der Waals surface area contributed by atoms with Crippen LogP contribution < -0.4 is 10.6 Å². The standard InChI is InChI=1S/C20H19ClF4N6O.3H2/c21-11-6-12-13(8-27-15(12)26-7-11)16-28-9-14(22)17(30-16)31-19(4-2-1-3-5-19)18(32)29-10-20(23,24)25;;;/h6-9H,1-5,10H2,(H,26,27)(H,29,32)(H,28,30,31);3*1H. The van der Waals surface area contributed by atoms with E-state index >= 15 is 0 Å². The van der Waals surface area contributed by atoms with Crippen molar-refractivity contribution in [2.45, 2.75) is 43.8 Å². The van der Waals surface area contributed by atoms with E-state index < -0.39 is 30.0 Å². The maximum absolute atomic E-state index is 14.6. The number of nitrogens with zero attached hydrogens (tertiary/aromatic N) is 3. The zero-order valence-corrected chi connectivity index (χ0v) is 17.4. The Labute approximate surface area is 189 Å². The quantitative estimate of drug-likeness (QED) is 0.432. The summed E-state index contributed by atoms with van der Waals surface area (Å²) in [7, 11) is 0. The maximum Gasteiger partial charge on any atom is 0.405 e. The number of hydrogen-bond donors (Lipinski definition) is 3. The van der Waals surface area contributed by atoms with Gasteiger partial charge in [-0.2, -0.15) is 13.2 Å². The highest BCUT2D eigenvalue weighted by atomic mass is 35.5. The van der Waals surface area contributed by atoms with E-state index in [9.17, 15) is 22.4 Å². The fraction of sp³-hybridized carbons (Fsp3) is 0.400. The minimum absolute atomic E-state index is 0. The molecule has 3 aromatic rings. The van der Waals surface area contributed by atoms with Crippen LogP contribution in [0, 0.1) is 5.82 Å². The molecule has 3 aromatic heterocycles. The number of alkyl halides is 3. The van der Waals surface area contributed by atoms with Crippen molar-refractivity contribution < 1.29 is 26.6 Å². The van der Waals surface area contributed by atoms with Gasteiger partial charge in [-0.25, -0.2) is 19.3 Å². The van der Waals surface area contributed by atoms with Crippen molar-refractivity contribution in [3.05, 3.63) is 35.5 Å². The monoisotopic (exact) mass is 476 g/mol. The van der Waals surface area contributed by atoms with Gasteiger partial charge in [0.05, 0.1) is 11.2 Å². The molecule has 12 heteroatoms. The van der Waals surface area contributed by atoms with Crippen molar-refractivity contribution in [3.8, 4) is 11.4 Å². The first-order chi connectivity index (χ1) is 15.2. The molecule has 1 saturated carbocycles. The summed E-state index contributed by atoms with van der Waals surface area (Å²) in [6.45, 7) is -1.46. The van der Waals surface area contributed by atoms with Gasteiger partial charge in [-0.05, 0) is 18.9 Å². The molecule has 3 heterocycles. The van der Waals surface area contributed by atoms with Crippen LogP contribution in [0.2, 0.25) is 5.02 Å². The van der Waals surface area contributed by atoms with Gasteiger partial charge in [0.1, 0.15) is 17.7 Å². The van der Waals surface area contributed by atoms with Crippen LogP contribution in [0.25, 0.3) is 22.4 Å². The summed E-state index contributed by atoms with van der Waals surface area (Å²) in [6.07, 6.45) is 2.01. The number of nitrogens with one attached hydrogen (secondary N) is 3. The van der Waals surface area contributed by atoms with E-state index in [1.54, 1.807) is 12.3 Å². The minimum Gasteiger partial charge on any atom is -0.353 e. The first-order valence-electron chi connectivity index (χ1n) is 9.96. The van der Waals surface area contributed by atoms with Crippen LogP contribution in [0.4, 0.5) is 23.4 Å². The Morgan fingerprint density at radius 2 is 1.97 bits per heavy atom. The van der Waals surface area contributed by atoms with Gasteiger partial charge < -0.3 is 15.6 Å². The summed E-state index contributed by atoms with van der Waals surface area (Å²) in [4.78, 5) is 28.1. The predicted octanol–water partition coefficient (Wildman–Crippen LogP) is 5.34. The molecule has 1 fully saturated rings. The molecule has 3 N–H and O–H groups in total. The Morgan fingerprint density at radius 3 is 2.69 bits per heavy atom. The first-order valence-corrected chi connectivity index (χ1v) is 10.3. The van der Waals surface area contributed by atoms with Crippen molar-refractivity contribution in [1.82, 2.24) is 25.3 Å². The van der Waals surface area contributed by atoms with Crippen molar-refractivity contribution in [2.24, 2.45) is 0 Å². The van der Waals surface area contributed by atoms with Gasteiger partial charge in [0.15, 0.2) is 17.5 Å². The number of pyridine rings is 1. The molecule has 176 valence electrons. The van der Waals surface area contributed by atoms with E-state index in [-0.39, 0.29) is 28.8 Å². The average Bonchev–Trinajstić information content (AvgIpc) is 3.17. The molecule has 0 aromatic carbocycles. The highest BCUT2D eigenvalue weighted by Crippen LogP contribution is 2.34. The number of rotatable bonds is 5. The highest BCUT2D eigenvalue weighted by Gasteiger charge is 2.42. The lowest BCUT2D eigenvalue weighted by Gasteiger charge is -2.37. The largest absolute Gasteiger partial charge is 0.405 e. The number of fused-ring (bicyclic) bond motifs is 1. The lowest BCUT2D eigenvalue weighted by molar-refractivity contribution is -0.141. The third-order valence-electron chi connectivity index (χ3n) is 5.43. The van der Waals surface area contributed by atoms with Crippen LogP contribution in [-0.4, -0.2) is 44.1 Å². The van der Waals surface area contributed by atoms with E-state index in [1.165, 1.54) is 6.20 Å². The van der Waals surface area contributed by atoms with Gasteiger partial charge >= 0.3 is 6.18 Å². The molecule has 1 aliphatic rings. The molecule has 4 rings (SSSR count). The normalized spacial score (nSPS) is 16.2. The van der Waals surface area contributed by atoms with Crippen LogP contribution in [-0.2, 0) is 4.79 Å². The SMILES string of the molecule is O=C(NCC(F)(F)F)C1(Nc2nc(-c3c[nH]c4ncc(Cl)cc34)ncc2F)CCCCC1.[HH].[HH].[HH]. The first kappa shape index (κ1) is 22.3. The van der Waals surface area contributed by atoms with Crippen LogP contribution in [0.1, 0.15) is 36.4 Å². The Kier molecular flexibility index (Phi) is 5.93. The number of carbonyl (C=O) groups is 1. The molecule has 1 aliphatic carbocycles. The van der Waals surface area contributed by atoms with Crippen LogP contribution in [0.15, 0.2) is 24.7 Å². The zero-order valence-electron chi connectivity index (χ0n) is 16.7. The zero-order chi connectivity index (χ0) is 22.9. The Morgan fingerprint density at radius 1 is 1.22 bits per heavy atom. The lowest BCUT2D eigenvalue weighted by atomic mass is 9.80. The van der Waals surface area contributed by atoms with Gasteiger partial charge in [-0.15, -0.1) is 0 Å². The molecule has 0 unspecified atom stereocenters. The molecular weight excluding hydrogens is 452 g/mol. The summed E-state index contributed by atoms with van der Waals surface area (Å²) >= 11 is 6.02. The number of aromatic nitrogens is 4. The van der Waals surface area contributed by atoms with Gasteiger partial charge in [0.25, 0.3) is 0 Å². The van der Waals surface area contributed by atoms with Gasteiger partial charge in [-0.1, -0.05) is 30.9 Å². The van der Waals surface area contributed by atoms with Crippen molar-refractivity contribution in [3.63, 3.8) is 0 Å². The average molecular weight is 477 g/mol. The second-order valence-corrected chi connectivity index (χ2v) is 8.14.